The van der Waals surface area contributed by atoms with Crippen molar-refractivity contribution in [3.05, 3.63) is 218 Å². The first kappa shape index (κ1) is 38.5. The molecule has 0 saturated carbocycles. The molecule has 0 N–H and O–H groups in total. The number of rotatable bonds is 6. The highest BCUT2D eigenvalue weighted by Crippen LogP contribution is 2.47. The summed E-state index contributed by atoms with van der Waals surface area (Å²) in [6.07, 6.45) is 0. The summed E-state index contributed by atoms with van der Waals surface area (Å²) in [7, 11) is 0. The van der Waals surface area contributed by atoms with Crippen molar-refractivity contribution in [2.24, 2.45) is 0 Å². The first-order valence-electron chi connectivity index (χ1n) is 23.4. The van der Waals surface area contributed by atoms with Crippen molar-refractivity contribution in [2.45, 2.75) is 0 Å². The van der Waals surface area contributed by atoms with Gasteiger partial charge in [0.15, 0.2) is 17.5 Å². The first-order chi connectivity index (χ1) is 34.7. The molecular formula is C63H36N4O3. The van der Waals surface area contributed by atoms with Gasteiger partial charge in [0.1, 0.15) is 33.5 Å². The number of benzene rings is 10. The van der Waals surface area contributed by atoms with E-state index in [9.17, 15) is 0 Å². The van der Waals surface area contributed by atoms with Gasteiger partial charge in [0.05, 0.1) is 22.1 Å². The number of hydrogen-bond donors (Lipinski definition) is 0. The molecular weight excluding hydrogens is 861 g/mol. The lowest BCUT2D eigenvalue weighted by Crippen LogP contribution is -2.04. The van der Waals surface area contributed by atoms with Crippen LogP contribution in [0.5, 0.6) is 0 Å². The van der Waals surface area contributed by atoms with Crippen molar-refractivity contribution in [3.63, 3.8) is 0 Å². The number of fused-ring (bicyclic) bond motifs is 13. The minimum atomic E-state index is 0.523. The van der Waals surface area contributed by atoms with Crippen LogP contribution >= 0.6 is 0 Å². The van der Waals surface area contributed by atoms with Crippen LogP contribution in [0.2, 0.25) is 0 Å². The largest absolute Gasteiger partial charge is 0.456 e. The second-order valence-electron chi connectivity index (χ2n) is 17.9. The van der Waals surface area contributed by atoms with Crippen LogP contribution in [0.3, 0.4) is 0 Å². The lowest BCUT2D eigenvalue weighted by Gasteiger charge is -2.21. The van der Waals surface area contributed by atoms with Crippen molar-refractivity contribution >= 4 is 87.6 Å². The van der Waals surface area contributed by atoms with Gasteiger partial charge in [-0.15, -0.1) is 0 Å². The summed E-state index contributed by atoms with van der Waals surface area (Å²) >= 11 is 0. The zero-order valence-corrected chi connectivity index (χ0v) is 37.3. The highest BCUT2D eigenvalue weighted by atomic mass is 16.3. The second-order valence-corrected chi connectivity index (χ2v) is 17.9. The molecule has 0 unspecified atom stereocenters. The van der Waals surface area contributed by atoms with E-state index >= 15 is 0 Å². The van der Waals surface area contributed by atoms with Gasteiger partial charge in [0.2, 0.25) is 0 Å². The molecule has 7 nitrogen and oxygen atoms in total. The predicted molar refractivity (Wildman–Crippen MR) is 283 cm³/mol. The highest BCUT2D eigenvalue weighted by molar-refractivity contribution is 6.25. The Labute approximate surface area is 399 Å². The zero-order chi connectivity index (χ0) is 45.9. The fourth-order valence-electron chi connectivity index (χ4n) is 10.7. The third kappa shape index (κ3) is 5.85. The molecule has 0 atom stereocenters. The molecule has 15 rings (SSSR count). The minimum absolute atomic E-state index is 0.523. The second kappa shape index (κ2) is 15.0. The Morgan fingerprint density at radius 3 is 1.29 bits per heavy atom. The molecule has 0 radical (unpaired) electrons. The summed E-state index contributed by atoms with van der Waals surface area (Å²) in [6.45, 7) is 0. The lowest BCUT2D eigenvalue weighted by molar-refractivity contribution is 0.668. The van der Waals surface area contributed by atoms with E-state index in [0.29, 0.717) is 17.5 Å². The predicted octanol–water partition coefficient (Wildman–Crippen LogP) is 17.0. The van der Waals surface area contributed by atoms with Crippen molar-refractivity contribution in [1.29, 1.82) is 0 Å². The summed E-state index contributed by atoms with van der Waals surface area (Å²) in [4.78, 5) is 16.0. The van der Waals surface area contributed by atoms with Crippen LogP contribution in [0.25, 0.3) is 150 Å². The van der Waals surface area contributed by atoms with E-state index in [1.807, 2.05) is 54.6 Å². The third-order valence-electron chi connectivity index (χ3n) is 13.8. The maximum absolute atomic E-state index is 6.58. The molecule has 15 aromatic rings. The Morgan fingerprint density at radius 1 is 0.286 bits per heavy atom. The third-order valence-corrected chi connectivity index (χ3v) is 13.8. The monoisotopic (exact) mass is 896 g/mol. The van der Waals surface area contributed by atoms with Crippen LogP contribution in [-0.2, 0) is 0 Å². The van der Waals surface area contributed by atoms with Crippen LogP contribution in [0.1, 0.15) is 0 Å². The van der Waals surface area contributed by atoms with Crippen LogP contribution in [-0.4, -0.2) is 19.5 Å². The van der Waals surface area contributed by atoms with E-state index in [1.165, 1.54) is 0 Å². The Bertz CT molecular complexity index is 4410. The Kier molecular flexibility index (Phi) is 8.23. The molecule has 0 bridgehead atoms. The number of nitrogens with zero attached hydrogens (tertiary/aromatic N) is 4. The van der Waals surface area contributed by atoms with Crippen molar-refractivity contribution < 1.29 is 13.3 Å². The molecule has 0 fully saturated rings. The quantitative estimate of drug-likeness (QED) is 0.165. The number of aromatic nitrogens is 4. The summed E-state index contributed by atoms with van der Waals surface area (Å²) in [6, 6.07) is 75.8. The molecule has 0 amide bonds. The number of furan rings is 3. The summed E-state index contributed by atoms with van der Waals surface area (Å²) < 4.78 is 21.9. The van der Waals surface area contributed by atoms with Gasteiger partial charge in [-0.25, -0.2) is 15.0 Å². The fourth-order valence-corrected chi connectivity index (χ4v) is 10.7. The standard InChI is InChI=1S/C63H36N4O3/c1-3-15-37(16-4-1)49-33-41(34-50(38-17-5-2-6-18-38)59(49)67-51-23-11-7-19-42(51)47-31-32-55-58(60(47)67)48-22-10-14-26-54(48)68-55)63-65-61(39-27-29-45-43-20-8-12-24-52(43)69-56(45)35-39)64-62(66-63)40-28-30-46-44-21-9-13-25-53(44)70-57(46)36-40/h1-36H. The first-order valence-corrected chi connectivity index (χ1v) is 23.4. The summed E-state index contributed by atoms with van der Waals surface area (Å²) in [5.74, 6) is 1.58. The van der Waals surface area contributed by atoms with Crippen molar-refractivity contribution in [2.75, 3.05) is 0 Å². The maximum atomic E-state index is 6.58. The van der Waals surface area contributed by atoms with Gasteiger partial charge < -0.3 is 17.8 Å². The van der Waals surface area contributed by atoms with Crippen LogP contribution in [0, 0.1) is 0 Å². The van der Waals surface area contributed by atoms with Crippen molar-refractivity contribution in [3.8, 4) is 62.1 Å². The van der Waals surface area contributed by atoms with Gasteiger partial charge in [-0.3, -0.25) is 0 Å². The van der Waals surface area contributed by atoms with Gasteiger partial charge >= 0.3 is 0 Å². The van der Waals surface area contributed by atoms with Gasteiger partial charge in [0, 0.05) is 65.5 Å². The number of hydrogen-bond acceptors (Lipinski definition) is 6. The molecule has 0 spiro atoms. The topological polar surface area (TPSA) is 83.0 Å². The molecule has 5 aromatic heterocycles. The maximum Gasteiger partial charge on any atom is 0.164 e. The fraction of sp³-hybridized carbons (Fsp3) is 0. The van der Waals surface area contributed by atoms with Gasteiger partial charge in [0.25, 0.3) is 0 Å². The van der Waals surface area contributed by atoms with Gasteiger partial charge in [-0.2, -0.15) is 0 Å². The van der Waals surface area contributed by atoms with E-state index in [2.05, 4.69) is 168 Å². The highest BCUT2D eigenvalue weighted by Gasteiger charge is 2.26. The summed E-state index contributed by atoms with van der Waals surface area (Å²) in [5.41, 5.74) is 14.7. The Balaban J connectivity index is 1.04. The Morgan fingerprint density at radius 2 is 0.714 bits per heavy atom. The van der Waals surface area contributed by atoms with Crippen LogP contribution in [0.15, 0.2) is 232 Å². The average molecular weight is 897 g/mol. The molecule has 7 heteroatoms. The van der Waals surface area contributed by atoms with Gasteiger partial charge in [-0.1, -0.05) is 146 Å². The lowest BCUT2D eigenvalue weighted by atomic mass is 9.92. The van der Waals surface area contributed by atoms with E-state index in [1.54, 1.807) is 0 Å². The van der Waals surface area contributed by atoms with Crippen LogP contribution in [0.4, 0.5) is 0 Å². The van der Waals surface area contributed by atoms with E-state index in [-0.39, 0.29) is 0 Å². The minimum Gasteiger partial charge on any atom is -0.456 e. The van der Waals surface area contributed by atoms with E-state index < -0.39 is 0 Å². The smallest absolute Gasteiger partial charge is 0.164 e. The molecule has 0 aliphatic rings. The molecule has 0 saturated heterocycles. The molecule has 0 aliphatic heterocycles. The molecule has 0 aliphatic carbocycles. The van der Waals surface area contributed by atoms with E-state index in [4.69, 9.17) is 28.2 Å². The summed E-state index contributed by atoms with van der Waals surface area (Å²) in [5, 5.41) is 8.63. The Hall–Kier alpha value is -9.59. The molecule has 10 aromatic carbocycles. The van der Waals surface area contributed by atoms with Gasteiger partial charge in [-0.05, 0) is 83.9 Å². The molecule has 70 heavy (non-hydrogen) atoms. The molecule has 326 valence electrons. The SMILES string of the molecule is c1ccc(-c2cc(-c3nc(-c4ccc5c(c4)oc4ccccc45)nc(-c4ccc5c(c4)oc4ccccc45)n3)cc(-c3ccccc3)c2-n2c3ccccc3c3ccc4oc5ccccc5c4c32)cc1. The molecule has 5 heterocycles. The normalized spacial score (nSPS) is 12.0. The van der Waals surface area contributed by atoms with Crippen molar-refractivity contribution in [1.82, 2.24) is 19.5 Å². The zero-order valence-electron chi connectivity index (χ0n) is 37.3. The van der Waals surface area contributed by atoms with E-state index in [0.717, 1.165) is 132 Å². The number of para-hydroxylation sites is 4. The van der Waals surface area contributed by atoms with Crippen LogP contribution < -0.4 is 0 Å². The average Bonchev–Trinajstić information content (AvgIpc) is 4.19.